The van der Waals surface area contributed by atoms with E-state index in [0.29, 0.717) is 24.1 Å². The van der Waals surface area contributed by atoms with E-state index in [9.17, 15) is 0 Å². The van der Waals surface area contributed by atoms with Gasteiger partial charge in [-0.25, -0.2) is 0 Å². The zero-order valence-corrected chi connectivity index (χ0v) is 10.4. The standard InChI is InChI=1S/C13H13N3O3/c1-17-7-9(14)12-15-13(19-16-12)11-6-8-4-2-3-5-10(8)18-11/h2-6,9H,7,14H2,1H3. The summed E-state index contributed by atoms with van der Waals surface area (Å²) in [6, 6.07) is 9.13. The molecule has 0 aliphatic carbocycles. The second-order valence-corrected chi connectivity index (χ2v) is 4.17. The van der Waals surface area contributed by atoms with E-state index in [4.69, 9.17) is 19.4 Å². The van der Waals surface area contributed by atoms with E-state index in [1.807, 2.05) is 30.3 Å². The number of aromatic nitrogens is 2. The van der Waals surface area contributed by atoms with Gasteiger partial charge in [0.25, 0.3) is 5.89 Å². The Kier molecular flexibility index (Phi) is 3.02. The molecule has 2 aromatic heterocycles. The Labute approximate surface area is 109 Å². The summed E-state index contributed by atoms with van der Waals surface area (Å²) in [4.78, 5) is 4.22. The van der Waals surface area contributed by atoms with Crippen LogP contribution in [0.15, 0.2) is 39.3 Å². The summed E-state index contributed by atoms with van der Waals surface area (Å²) in [6.07, 6.45) is 0. The fourth-order valence-electron chi connectivity index (χ4n) is 1.83. The number of fused-ring (bicyclic) bond motifs is 1. The lowest BCUT2D eigenvalue weighted by atomic mass is 10.2. The number of benzene rings is 1. The Morgan fingerprint density at radius 3 is 3.00 bits per heavy atom. The SMILES string of the molecule is COCC(N)c1noc(-c2cc3ccccc3o2)n1. The van der Waals surface area contributed by atoms with Gasteiger partial charge in [0.05, 0.1) is 12.6 Å². The summed E-state index contributed by atoms with van der Waals surface area (Å²) in [7, 11) is 1.57. The van der Waals surface area contributed by atoms with Crippen LogP contribution in [0.3, 0.4) is 0 Å². The lowest BCUT2D eigenvalue weighted by Crippen LogP contribution is -2.17. The van der Waals surface area contributed by atoms with Crippen LogP contribution < -0.4 is 5.73 Å². The minimum Gasteiger partial charge on any atom is -0.451 e. The van der Waals surface area contributed by atoms with E-state index in [0.717, 1.165) is 11.0 Å². The summed E-state index contributed by atoms with van der Waals surface area (Å²) < 4.78 is 15.7. The third-order valence-electron chi connectivity index (χ3n) is 2.76. The van der Waals surface area contributed by atoms with Crippen LogP contribution in [0.2, 0.25) is 0 Å². The highest BCUT2D eigenvalue weighted by molar-refractivity contribution is 5.81. The van der Waals surface area contributed by atoms with Crippen LogP contribution in [-0.2, 0) is 4.74 Å². The van der Waals surface area contributed by atoms with E-state index >= 15 is 0 Å². The molecule has 2 N–H and O–H groups in total. The Bertz CT molecular complexity index is 656. The van der Waals surface area contributed by atoms with Gasteiger partial charge < -0.3 is 19.4 Å². The molecule has 0 bridgehead atoms. The van der Waals surface area contributed by atoms with E-state index in [2.05, 4.69) is 10.1 Å². The smallest absolute Gasteiger partial charge is 0.293 e. The summed E-state index contributed by atoms with van der Waals surface area (Å²) in [5.74, 6) is 1.25. The first-order valence-electron chi connectivity index (χ1n) is 5.85. The molecule has 98 valence electrons. The molecule has 0 saturated heterocycles. The first-order chi connectivity index (χ1) is 9.28. The lowest BCUT2D eigenvalue weighted by molar-refractivity contribution is 0.177. The largest absolute Gasteiger partial charge is 0.451 e. The number of nitrogens with two attached hydrogens (primary N) is 1. The van der Waals surface area contributed by atoms with E-state index < -0.39 is 6.04 Å². The Balaban J connectivity index is 1.93. The Morgan fingerprint density at radius 2 is 2.21 bits per heavy atom. The number of hydrogen-bond acceptors (Lipinski definition) is 6. The topological polar surface area (TPSA) is 87.3 Å². The molecule has 6 nitrogen and oxygen atoms in total. The van der Waals surface area contributed by atoms with Crippen molar-refractivity contribution in [2.45, 2.75) is 6.04 Å². The predicted octanol–water partition coefficient (Wildman–Crippen LogP) is 2.13. The molecule has 0 saturated carbocycles. The molecule has 3 aromatic rings. The third-order valence-corrected chi connectivity index (χ3v) is 2.76. The van der Waals surface area contributed by atoms with Crippen LogP contribution in [0, 0.1) is 0 Å². The molecule has 19 heavy (non-hydrogen) atoms. The number of nitrogens with zero attached hydrogens (tertiary/aromatic N) is 2. The highest BCUT2D eigenvalue weighted by Gasteiger charge is 2.17. The maximum absolute atomic E-state index is 5.83. The first-order valence-corrected chi connectivity index (χ1v) is 5.85. The molecule has 0 amide bonds. The number of furan rings is 1. The molecule has 1 aromatic carbocycles. The van der Waals surface area contributed by atoms with Crippen LogP contribution in [0.25, 0.3) is 22.6 Å². The highest BCUT2D eigenvalue weighted by atomic mass is 16.5. The monoisotopic (exact) mass is 259 g/mol. The van der Waals surface area contributed by atoms with Gasteiger partial charge in [-0.05, 0) is 12.1 Å². The van der Waals surface area contributed by atoms with Crippen molar-refractivity contribution >= 4 is 11.0 Å². The van der Waals surface area contributed by atoms with Crippen molar-refractivity contribution < 1.29 is 13.7 Å². The average Bonchev–Trinajstić information content (AvgIpc) is 3.05. The van der Waals surface area contributed by atoms with Crippen molar-refractivity contribution in [3.8, 4) is 11.7 Å². The summed E-state index contributed by atoms with van der Waals surface area (Å²) >= 11 is 0. The second kappa shape index (κ2) is 4.83. The maximum Gasteiger partial charge on any atom is 0.293 e. The normalized spacial score (nSPS) is 12.9. The summed E-state index contributed by atoms with van der Waals surface area (Å²) in [5.41, 5.74) is 6.61. The van der Waals surface area contributed by atoms with Crippen LogP contribution in [0.5, 0.6) is 0 Å². The van der Waals surface area contributed by atoms with E-state index in [1.165, 1.54) is 0 Å². The van der Waals surface area contributed by atoms with Crippen LogP contribution in [0.1, 0.15) is 11.9 Å². The highest BCUT2D eigenvalue weighted by Crippen LogP contribution is 2.26. The molecule has 6 heteroatoms. The molecule has 0 aliphatic rings. The van der Waals surface area contributed by atoms with E-state index in [1.54, 1.807) is 7.11 Å². The predicted molar refractivity (Wildman–Crippen MR) is 68.3 cm³/mol. The van der Waals surface area contributed by atoms with Crippen molar-refractivity contribution in [2.75, 3.05) is 13.7 Å². The third kappa shape index (κ3) is 2.23. The van der Waals surface area contributed by atoms with Crippen molar-refractivity contribution in [3.05, 3.63) is 36.2 Å². The maximum atomic E-state index is 5.83. The van der Waals surface area contributed by atoms with Gasteiger partial charge in [0, 0.05) is 12.5 Å². The van der Waals surface area contributed by atoms with Crippen LogP contribution in [-0.4, -0.2) is 23.9 Å². The van der Waals surface area contributed by atoms with Crippen molar-refractivity contribution in [1.29, 1.82) is 0 Å². The number of rotatable bonds is 4. The molecule has 0 spiro atoms. The number of ether oxygens (including phenoxy) is 1. The Morgan fingerprint density at radius 1 is 1.37 bits per heavy atom. The fraction of sp³-hybridized carbons (Fsp3) is 0.231. The zero-order valence-electron chi connectivity index (χ0n) is 10.4. The molecule has 1 unspecified atom stereocenters. The van der Waals surface area contributed by atoms with Gasteiger partial charge in [-0.1, -0.05) is 23.4 Å². The minimum absolute atomic E-state index is 0.317. The van der Waals surface area contributed by atoms with Gasteiger partial charge in [-0.15, -0.1) is 0 Å². The van der Waals surface area contributed by atoms with Gasteiger partial charge in [0.2, 0.25) is 0 Å². The van der Waals surface area contributed by atoms with Gasteiger partial charge in [0.15, 0.2) is 11.6 Å². The van der Waals surface area contributed by atoms with Gasteiger partial charge in [-0.3, -0.25) is 0 Å². The van der Waals surface area contributed by atoms with Gasteiger partial charge in [-0.2, -0.15) is 4.98 Å². The zero-order chi connectivity index (χ0) is 13.2. The number of para-hydroxylation sites is 1. The molecular weight excluding hydrogens is 246 g/mol. The summed E-state index contributed by atoms with van der Waals surface area (Å²) in [5, 5.41) is 4.81. The quantitative estimate of drug-likeness (QED) is 0.772. The lowest BCUT2D eigenvalue weighted by Gasteiger charge is -2.02. The summed E-state index contributed by atoms with van der Waals surface area (Å²) in [6.45, 7) is 0.332. The minimum atomic E-state index is -0.410. The molecule has 1 atom stereocenters. The number of methoxy groups -OCH3 is 1. The van der Waals surface area contributed by atoms with Gasteiger partial charge >= 0.3 is 0 Å². The average molecular weight is 259 g/mol. The van der Waals surface area contributed by atoms with Crippen molar-refractivity contribution in [2.24, 2.45) is 5.73 Å². The fourth-order valence-corrected chi connectivity index (χ4v) is 1.83. The molecule has 0 radical (unpaired) electrons. The molecule has 0 fully saturated rings. The number of hydrogen-bond donors (Lipinski definition) is 1. The van der Waals surface area contributed by atoms with Crippen LogP contribution >= 0.6 is 0 Å². The van der Waals surface area contributed by atoms with E-state index in [-0.39, 0.29) is 0 Å². The Hall–Kier alpha value is -2.18. The first kappa shape index (κ1) is 11.9. The second-order valence-electron chi connectivity index (χ2n) is 4.17. The molecule has 2 heterocycles. The van der Waals surface area contributed by atoms with Gasteiger partial charge in [0.1, 0.15) is 5.58 Å². The molecule has 3 rings (SSSR count). The van der Waals surface area contributed by atoms with Crippen molar-refractivity contribution in [1.82, 2.24) is 10.1 Å². The van der Waals surface area contributed by atoms with Crippen LogP contribution in [0.4, 0.5) is 0 Å². The molecule has 0 aliphatic heterocycles. The molecular formula is C13H13N3O3. The van der Waals surface area contributed by atoms with Crippen molar-refractivity contribution in [3.63, 3.8) is 0 Å².